The third-order valence-electron chi connectivity index (χ3n) is 3.66. The summed E-state index contributed by atoms with van der Waals surface area (Å²) >= 11 is 5.26. The molecular weight excluding hydrogens is 358 g/mol. The molecule has 0 bridgehead atoms. The second-order valence-corrected chi connectivity index (χ2v) is 7.14. The number of hydrogen-bond acceptors (Lipinski definition) is 3. The van der Waals surface area contributed by atoms with E-state index >= 15 is 0 Å². The van der Waals surface area contributed by atoms with E-state index < -0.39 is 0 Å². The van der Waals surface area contributed by atoms with Gasteiger partial charge in [0.25, 0.3) is 0 Å². The highest BCUT2D eigenvalue weighted by atomic mass is 79.9. The van der Waals surface area contributed by atoms with E-state index in [4.69, 9.17) is 0 Å². The van der Waals surface area contributed by atoms with Gasteiger partial charge in [-0.05, 0) is 48.0 Å². The lowest BCUT2D eigenvalue weighted by Gasteiger charge is -2.06. The van der Waals surface area contributed by atoms with Gasteiger partial charge in [0.15, 0.2) is 0 Å². The first-order valence-corrected chi connectivity index (χ1v) is 8.86. The van der Waals surface area contributed by atoms with E-state index in [1.54, 1.807) is 11.3 Å². The summed E-state index contributed by atoms with van der Waals surface area (Å²) in [4.78, 5) is 1.33. The normalized spacial score (nSPS) is 11.0. The minimum Gasteiger partial charge on any atom is -0.308 e. The fourth-order valence-corrected chi connectivity index (χ4v) is 3.93. The summed E-state index contributed by atoms with van der Waals surface area (Å²) in [6.07, 6.45) is 0. The van der Waals surface area contributed by atoms with Crippen LogP contribution in [0.1, 0.15) is 21.8 Å². The van der Waals surface area contributed by atoms with Gasteiger partial charge in [0, 0.05) is 39.1 Å². The summed E-state index contributed by atoms with van der Waals surface area (Å²) in [5.41, 5.74) is 4.67. The van der Waals surface area contributed by atoms with Gasteiger partial charge in [0.05, 0.1) is 11.4 Å². The zero-order chi connectivity index (χ0) is 15.5. The Bertz CT molecular complexity index is 762. The number of halogens is 1. The number of aromatic nitrogens is 2. The van der Waals surface area contributed by atoms with Crippen molar-refractivity contribution < 1.29 is 0 Å². The summed E-state index contributed by atoms with van der Waals surface area (Å²) < 4.78 is 3.17. The standard InChI is InChI=1S/C17H18BrN3S/c1-12-17(10-19-9-16-8-14(18)11-22-16)13(2)21(20-12)15-6-4-3-5-7-15/h3-8,11,19H,9-10H2,1-2H3. The van der Waals surface area contributed by atoms with Gasteiger partial charge in [-0.2, -0.15) is 5.10 Å². The Hall–Kier alpha value is -1.43. The van der Waals surface area contributed by atoms with Gasteiger partial charge in [-0.3, -0.25) is 0 Å². The number of nitrogens with zero attached hydrogens (tertiary/aromatic N) is 2. The summed E-state index contributed by atoms with van der Waals surface area (Å²) in [5, 5.41) is 10.3. The van der Waals surface area contributed by atoms with Crippen molar-refractivity contribution in [3.8, 4) is 5.69 Å². The molecule has 2 heterocycles. The number of thiophene rings is 1. The molecule has 3 aromatic rings. The van der Waals surface area contributed by atoms with E-state index in [2.05, 4.69) is 63.8 Å². The van der Waals surface area contributed by atoms with Crippen LogP contribution in [0.2, 0.25) is 0 Å². The fourth-order valence-electron chi connectivity index (χ4n) is 2.51. The van der Waals surface area contributed by atoms with E-state index in [0.29, 0.717) is 0 Å². The predicted octanol–water partition coefficient (Wildman–Crippen LogP) is 4.60. The maximum atomic E-state index is 4.68. The Labute approximate surface area is 143 Å². The average Bonchev–Trinajstić information content (AvgIpc) is 3.06. The van der Waals surface area contributed by atoms with E-state index in [1.807, 2.05) is 22.9 Å². The van der Waals surface area contributed by atoms with Crippen molar-refractivity contribution in [2.75, 3.05) is 0 Å². The molecule has 0 aliphatic heterocycles. The van der Waals surface area contributed by atoms with Crippen LogP contribution in [-0.2, 0) is 13.1 Å². The Kier molecular flexibility index (Phi) is 4.76. The van der Waals surface area contributed by atoms with E-state index in [1.165, 1.54) is 16.1 Å². The fraction of sp³-hybridized carbons (Fsp3) is 0.235. The summed E-state index contributed by atoms with van der Waals surface area (Å²) in [6.45, 7) is 5.92. The lowest BCUT2D eigenvalue weighted by Crippen LogP contribution is -2.13. The number of para-hydroxylation sites is 1. The average molecular weight is 376 g/mol. The molecule has 0 radical (unpaired) electrons. The molecular formula is C17H18BrN3S. The van der Waals surface area contributed by atoms with Crippen LogP contribution in [0, 0.1) is 13.8 Å². The molecule has 0 aliphatic carbocycles. The molecule has 3 nitrogen and oxygen atoms in total. The van der Waals surface area contributed by atoms with Crippen molar-refractivity contribution in [1.29, 1.82) is 0 Å². The van der Waals surface area contributed by atoms with Crippen molar-refractivity contribution in [3.05, 3.63) is 68.1 Å². The topological polar surface area (TPSA) is 29.9 Å². The zero-order valence-electron chi connectivity index (χ0n) is 12.6. The third kappa shape index (κ3) is 3.32. The van der Waals surface area contributed by atoms with Crippen molar-refractivity contribution in [2.24, 2.45) is 0 Å². The lowest BCUT2D eigenvalue weighted by molar-refractivity contribution is 0.694. The van der Waals surface area contributed by atoms with Crippen molar-refractivity contribution >= 4 is 27.3 Å². The highest BCUT2D eigenvalue weighted by Crippen LogP contribution is 2.20. The van der Waals surface area contributed by atoms with Crippen LogP contribution >= 0.6 is 27.3 Å². The maximum absolute atomic E-state index is 4.68. The SMILES string of the molecule is Cc1nn(-c2ccccc2)c(C)c1CNCc1cc(Br)cs1. The van der Waals surface area contributed by atoms with Crippen LogP contribution in [0.15, 0.2) is 46.3 Å². The molecule has 0 spiro atoms. The molecule has 22 heavy (non-hydrogen) atoms. The highest BCUT2D eigenvalue weighted by molar-refractivity contribution is 9.10. The van der Waals surface area contributed by atoms with Gasteiger partial charge in [-0.25, -0.2) is 4.68 Å². The first kappa shape index (κ1) is 15.5. The van der Waals surface area contributed by atoms with Crippen LogP contribution in [0.25, 0.3) is 5.69 Å². The Morgan fingerprint density at radius 3 is 2.64 bits per heavy atom. The van der Waals surface area contributed by atoms with Crippen LogP contribution in [0.5, 0.6) is 0 Å². The minimum absolute atomic E-state index is 0.833. The van der Waals surface area contributed by atoms with Gasteiger partial charge in [-0.15, -0.1) is 11.3 Å². The summed E-state index contributed by atoms with van der Waals surface area (Å²) in [6, 6.07) is 12.4. The van der Waals surface area contributed by atoms with Crippen molar-refractivity contribution in [1.82, 2.24) is 15.1 Å². The molecule has 1 N–H and O–H groups in total. The van der Waals surface area contributed by atoms with Gasteiger partial charge in [0.2, 0.25) is 0 Å². The molecule has 5 heteroatoms. The number of nitrogens with one attached hydrogen (secondary N) is 1. The summed E-state index contributed by atoms with van der Waals surface area (Å²) in [7, 11) is 0. The number of aryl methyl sites for hydroxylation is 1. The van der Waals surface area contributed by atoms with Gasteiger partial charge in [-0.1, -0.05) is 18.2 Å². The number of hydrogen-bond donors (Lipinski definition) is 1. The molecule has 0 amide bonds. The third-order valence-corrected chi connectivity index (χ3v) is 5.36. The van der Waals surface area contributed by atoms with E-state index in [-0.39, 0.29) is 0 Å². The first-order valence-electron chi connectivity index (χ1n) is 7.19. The summed E-state index contributed by atoms with van der Waals surface area (Å²) in [5.74, 6) is 0. The first-order chi connectivity index (χ1) is 10.6. The molecule has 1 aromatic carbocycles. The van der Waals surface area contributed by atoms with E-state index in [9.17, 15) is 0 Å². The second-order valence-electron chi connectivity index (χ2n) is 5.23. The monoisotopic (exact) mass is 375 g/mol. The van der Waals surface area contributed by atoms with Crippen molar-refractivity contribution in [3.63, 3.8) is 0 Å². The largest absolute Gasteiger partial charge is 0.308 e. The number of rotatable bonds is 5. The smallest absolute Gasteiger partial charge is 0.0648 e. The van der Waals surface area contributed by atoms with Gasteiger partial charge in [0.1, 0.15) is 0 Å². The molecule has 0 unspecified atom stereocenters. The van der Waals surface area contributed by atoms with Crippen LogP contribution in [0.3, 0.4) is 0 Å². The molecule has 0 atom stereocenters. The molecule has 114 valence electrons. The Morgan fingerprint density at radius 2 is 1.95 bits per heavy atom. The quantitative estimate of drug-likeness (QED) is 0.705. The molecule has 0 saturated carbocycles. The minimum atomic E-state index is 0.833. The zero-order valence-corrected chi connectivity index (χ0v) is 15.0. The molecule has 0 saturated heterocycles. The van der Waals surface area contributed by atoms with E-state index in [0.717, 1.165) is 28.9 Å². The number of benzene rings is 1. The van der Waals surface area contributed by atoms with Crippen LogP contribution < -0.4 is 5.32 Å². The van der Waals surface area contributed by atoms with Gasteiger partial charge < -0.3 is 5.32 Å². The Morgan fingerprint density at radius 1 is 1.18 bits per heavy atom. The predicted molar refractivity (Wildman–Crippen MR) is 95.6 cm³/mol. The molecule has 3 rings (SSSR count). The van der Waals surface area contributed by atoms with Gasteiger partial charge >= 0.3 is 0 Å². The Balaban J connectivity index is 1.73. The second kappa shape index (κ2) is 6.77. The van der Waals surface area contributed by atoms with Crippen molar-refractivity contribution in [2.45, 2.75) is 26.9 Å². The van der Waals surface area contributed by atoms with Crippen LogP contribution in [-0.4, -0.2) is 9.78 Å². The highest BCUT2D eigenvalue weighted by Gasteiger charge is 2.12. The lowest BCUT2D eigenvalue weighted by atomic mass is 10.2. The molecule has 0 aliphatic rings. The molecule has 0 fully saturated rings. The van der Waals surface area contributed by atoms with Crippen LogP contribution in [0.4, 0.5) is 0 Å². The molecule has 2 aromatic heterocycles. The maximum Gasteiger partial charge on any atom is 0.0648 e.